The van der Waals surface area contributed by atoms with E-state index in [9.17, 15) is 0 Å². The molecule has 0 aliphatic rings. The van der Waals surface area contributed by atoms with Crippen molar-refractivity contribution in [2.45, 2.75) is 13.3 Å². The highest BCUT2D eigenvalue weighted by Gasteiger charge is 2.09. The summed E-state index contributed by atoms with van der Waals surface area (Å²) in [5.74, 6) is 0. The fraction of sp³-hybridized carbons (Fsp3) is 0.125. The second kappa shape index (κ2) is 5.33. The van der Waals surface area contributed by atoms with Crippen LogP contribution in [0.4, 0.5) is 0 Å². The highest BCUT2D eigenvalue weighted by atomic mass is 32.1. The van der Waals surface area contributed by atoms with Gasteiger partial charge in [-0.2, -0.15) is 0 Å². The molecule has 0 aliphatic heterocycles. The first-order valence-electron chi connectivity index (χ1n) is 6.32. The van der Waals surface area contributed by atoms with Gasteiger partial charge in [-0.3, -0.25) is 4.98 Å². The van der Waals surface area contributed by atoms with E-state index < -0.39 is 0 Å². The number of benzene rings is 1. The molecule has 0 radical (unpaired) electrons. The molecule has 19 heavy (non-hydrogen) atoms. The summed E-state index contributed by atoms with van der Waals surface area (Å²) in [5, 5.41) is 3.18. The lowest BCUT2D eigenvalue weighted by atomic mass is 10.1. The molecule has 2 heterocycles. The maximum atomic E-state index is 4.75. The number of hydrogen-bond donors (Lipinski definition) is 0. The SMILES string of the molecule is CCc1cnccc1-c1nc(-c2ccccc2)cs1. The smallest absolute Gasteiger partial charge is 0.124 e. The van der Waals surface area contributed by atoms with Crippen molar-refractivity contribution in [3.63, 3.8) is 0 Å². The van der Waals surface area contributed by atoms with E-state index in [0.717, 1.165) is 22.7 Å². The van der Waals surface area contributed by atoms with Crippen molar-refractivity contribution in [3.8, 4) is 21.8 Å². The van der Waals surface area contributed by atoms with Crippen LogP contribution in [0.1, 0.15) is 12.5 Å². The minimum absolute atomic E-state index is 0.976. The summed E-state index contributed by atoms with van der Waals surface area (Å²) in [6, 6.07) is 12.3. The van der Waals surface area contributed by atoms with Gasteiger partial charge in [-0.05, 0) is 18.1 Å². The summed E-state index contributed by atoms with van der Waals surface area (Å²) in [6.45, 7) is 2.15. The average molecular weight is 266 g/mol. The molecular formula is C16H14N2S. The fourth-order valence-electron chi connectivity index (χ4n) is 2.06. The summed E-state index contributed by atoms with van der Waals surface area (Å²) >= 11 is 1.69. The van der Waals surface area contributed by atoms with E-state index >= 15 is 0 Å². The predicted molar refractivity (Wildman–Crippen MR) is 80.2 cm³/mol. The van der Waals surface area contributed by atoms with Gasteiger partial charge in [-0.25, -0.2) is 4.98 Å². The van der Waals surface area contributed by atoms with Crippen molar-refractivity contribution < 1.29 is 0 Å². The molecule has 0 saturated carbocycles. The van der Waals surface area contributed by atoms with Crippen molar-refractivity contribution in [1.29, 1.82) is 0 Å². The molecule has 94 valence electrons. The lowest BCUT2D eigenvalue weighted by Crippen LogP contribution is -1.88. The highest BCUT2D eigenvalue weighted by molar-refractivity contribution is 7.13. The lowest BCUT2D eigenvalue weighted by Gasteiger charge is -2.02. The molecule has 0 atom stereocenters. The molecule has 3 aromatic rings. The van der Waals surface area contributed by atoms with Crippen molar-refractivity contribution in [3.05, 3.63) is 59.7 Å². The summed E-state index contributed by atoms with van der Waals surface area (Å²) in [7, 11) is 0. The Morgan fingerprint density at radius 3 is 2.74 bits per heavy atom. The van der Waals surface area contributed by atoms with Gasteiger partial charge in [0.05, 0.1) is 5.69 Å². The highest BCUT2D eigenvalue weighted by Crippen LogP contribution is 2.30. The second-order valence-corrected chi connectivity index (χ2v) is 5.15. The number of nitrogens with zero attached hydrogens (tertiary/aromatic N) is 2. The van der Waals surface area contributed by atoms with Gasteiger partial charge >= 0.3 is 0 Å². The third-order valence-corrected chi connectivity index (χ3v) is 3.96. The van der Waals surface area contributed by atoms with Crippen LogP contribution < -0.4 is 0 Å². The van der Waals surface area contributed by atoms with Crippen molar-refractivity contribution in [2.24, 2.45) is 0 Å². The van der Waals surface area contributed by atoms with Crippen LogP contribution in [0.5, 0.6) is 0 Å². The van der Waals surface area contributed by atoms with Crippen LogP contribution in [0.25, 0.3) is 21.8 Å². The molecule has 0 aliphatic carbocycles. The van der Waals surface area contributed by atoms with Gasteiger partial charge in [0.1, 0.15) is 5.01 Å². The maximum absolute atomic E-state index is 4.75. The third-order valence-electron chi connectivity index (χ3n) is 3.09. The Morgan fingerprint density at radius 1 is 1.11 bits per heavy atom. The first-order valence-corrected chi connectivity index (χ1v) is 7.20. The Hall–Kier alpha value is -2.00. The number of pyridine rings is 1. The van der Waals surface area contributed by atoms with E-state index in [1.165, 1.54) is 11.1 Å². The van der Waals surface area contributed by atoms with Gasteiger partial charge < -0.3 is 0 Å². The topological polar surface area (TPSA) is 25.8 Å². The van der Waals surface area contributed by atoms with Crippen molar-refractivity contribution >= 4 is 11.3 Å². The summed E-state index contributed by atoms with van der Waals surface area (Å²) < 4.78 is 0. The summed E-state index contributed by atoms with van der Waals surface area (Å²) in [4.78, 5) is 8.93. The molecule has 0 spiro atoms. The Labute approximate surface area is 116 Å². The molecule has 1 aromatic carbocycles. The minimum atomic E-state index is 0.976. The van der Waals surface area contributed by atoms with Crippen LogP contribution in [-0.4, -0.2) is 9.97 Å². The molecule has 0 N–H and O–H groups in total. The first kappa shape index (κ1) is 12.1. The van der Waals surface area contributed by atoms with Crippen LogP contribution in [0.3, 0.4) is 0 Å². The quantitative estimate of drug-likeness (QED) is 0.700. The van der Waals surface area contributed by atoms with E-state index in [4.69, 9.17) is 4.98 Å². The molecule has 2 nitrogen and oxygen atoms in total. The second-order valence-electron chi connectivity index (χ2n) is 4.29. The zero-order valence-corrected chi connectivity index (χ0v) is 11.5. The number of aromatic nitrogens is 2. The molecule has 0 amide bonds. The molecule has 3 heteroatoms. The molecule has 0 fully saturated rings. The maximum Gasteiger partial charge on any atom is 0.124 e. The largest absolute Gasteiger partial charge is 0.264 e. The van der Waals surface area contributed by atoms with Gasteiger partial charge in [0.25, 0.3) is 0 Å². The van der Waals surface area contributed by atoms with Crippen molar-refractivity contribution in [2.75, 3.05) is 0 Å². The van der Waals surface area contributed by atoms with Crippen LogP contribution in [0.2, 0.25) is 0 Å². The van der Waals surface area contributed by atoms with Gasteiger partial charge in [-0.15, -0.1) is 11.3 Å². The monoisotopic (exact) mass is 266 g/mol. The lowest BCUT2D eigenvalue weighted by molar-refractivity contribution is 1.10. The molecule has 2 aromatic heterocycles. The van der Waals surface area contributed by atoms with Gasteiger partial charge in [-0.1, -0.05) is 37.3 Å². The molecule has 0 unspecified atom stereocenters. The number of rotatable bonds is 3. The first-order chi connectivity index (χ1) is 9.38. The van der Waals surface area contributed by atoms with E-state index in [1.807, 2.05) is 36.7 Å². The van der Waals surface area contributed by atoms with Crippen LogP contribution in [0, 0.1) is 0 Å². The molecular weight excluding hydrogens is 252 g/mol. The molecule has 3 rings (SSSR count). The third kappa shape index (κ3) is 2.42. The van der Waals surface area contributed by atoms with Gasteiger partial charge in [0.2, 0.25) is 0 Å². The molecule has 0 bridgehead atoms. The van der Waals surface area contributed by atoms with E-state index in [-0.39, 0.29) is 0 Å². The summed E-state index contributed by atoms with van der Waals surface area (Å²) in [5.41, 5.74) is 4.65. The predicted octanol–water partition coefficient (Wildman–Crippen LogP) is 4.43. The summed E-state index contributed by atoms with van der Waals surface area (Å²) in [6.07, 6.45) is 4.74. The Morgan fingerprint density at radius 2 is 1.95 bits per heavy atom. The van der Waals surface area contributed by atoms with Gasteiger partial charge in [0, 0.05) is 28.9 Å². The van der Waals surface area contributed by atoms with Gasteiger partial charge in [0.15, 0.2) is 0 Å². The standard InChI is InChI=1S/C16H14N2S/c1-2-12-10-17-9-8-14(12)16-18-15(11-19-16)13-6-4-3-5-7-13/h3-11H,2H2,1H3. The number of hydrogen-bond acceptors (Lipinski definition) is 3. The number of aryl methyl sites for hydroxylation is 1. The fourth-order valence-corrected chi connectivity index (χ4v) is 2.95. The van der Waals surface area contributed by atoms with Crippen molar-refractivity contribution in [1.82, 2.24) is 9.97 Å². The molecule has 0 saturated heterocycles. The zero-order chi connectivity index (χ0) is 13.1. The van der Waals surface area contributed by atoms with Crippen LogP contribution in [0.15, 0.2) is 54.2 Å². The zero-order valence-electron chi connectivity index (χ0n) is 10.7. The van der Waals surface area contributed by atoms with E-state index in [0.29, 0.717) is 0 Å². The van der Waals surface area contributed by atoms with Crippen LogP contribution in [-0.2, 0) is 6.42 Å². The van der Waals surface area contributed by atoms with Crippen LogP contribution >= 0.6 is 11.3 Å². The van der Waals surface area contributed by atoms with E-state index in [1.54, 1.807) is 11.3 Å². The Bertz CT molecular complexity index is 674. The Balaban J connectivity index is 2.02. The normalized spacial score (nSPS) is 10.6. The number of thiazole rings is 1. The Kier molecular flexibility index (Phi) is 3.38. The minimum Gasteiger partial charge on any atom is -0.264 e. The average Bonchev–Trinajstić information content (AvgIpc) is 2.98. The van der Waals surface area contributed by atoms with E-state index in [2.05, 4.69) is 29.4 Å².